The maximum absolute atomic E-state index is 11.0. The third-order valence-corrected chi connectivity index (χ3v) is 1.72. The summed E-state index contributed by atoms with van der Waals surface area (Å²) in [6, 6.07) is 3.30. The van der Waals surface area contributed by atoms with Crippen molar-refractivity contribution < 1.29 is 4.42 Å². The van der Waals surface area contributed by atoms with Crippen LogP contribution in [0.15, 0.2) is 27.5 Å². The predicted molar refractivity (Wildman–Crippen MR) is 49.4 cm³/mol. The molecule has 0 saturated heterocycles. The van der Waals surface area contributed by atoms with Crippen LogP contribution < -0.4 is 11.5 Å². The summed E-state index contributed by atoms with van der Waals surface area (Å²) in [5, 5.41) is 3.87. The summed E-state index contributed by atoms with van der Waals surface area (Å²) in [6.07, 6.45) is 1.50. The van der Waals surface area contributed by atoms with Gasteiger partial charge in [-0.15, -0.1) is 5.10 Å². The van der Waals surface area contributed by atoms with E-state index in [9.17, 15) is 4.79 Å². The Kier molecular flexibility index (Phi) is 1.81. The normalized spacial score (nSPS) is 10.4. The molecule has 72 valence electrons. The minimum Gasteiger partial charge on any atom is -0.388 e. The fourth-order valence-corrected chi connectivity index (χ4v) is 0.995. The van der Waals surface area contributed by atoms with Gasteiger partial charge in [0.1, 0.15) is 5.82 Å². The number of nitrogen functional groups attached to an aromatic ring is 1. The number of aromatic nitrogens is 3. The Morgan fingerprint density at radius 2 is 2.29 bits per heavy atom. The number of hydrogen-bond acceptors (Lipinski definition) is 5. The van der Waals surface area contributed by atoms with Crippen LogP contribution in [0.2, 0.25) is 0 Å². The van der Waals surface area contributed by atoms with E-state index in [4.69, 9.17) is 10.2 Å². The molecule has 2 N–H and O–H groups in total. The molecule has 2 aromatic rings. The molecule has 6 nitrogen and oxygen atoms in total. The van der Waals surface area contributed by atoms with Gasteiger partial charge in [-0.3, -0.25) is 0 Å². The second-order valence-electron chi connectivity index (χ2n) is 2.77. The summed E-state index contributed by atoms with van der Waals surface area (Å²) >= 11 is 0. The van der Waals surface area contributed by atoms with Gasteiger partial charge in [0, 0.05) is 13.2 Å². The van der Waals surface area contributed by atoms with Gasteiger partial charge in [0.15, 0.2) is 0 Å². The van der Waals surface area contributed by atoms with Gasteiger partial charge in [-0.2, -0.15) is 4.68 Å². The molecule has 2 heterocycles. The molecule has 0 aliphatic rings. The van der Waals surface area contributed by atoms with Crippen molar-refractivity contribution >= 4 is 5.82 Å². The number of aryl methyl sites for hydroxylation is 1. The first-order valence-corrected chi connectivity index (χ1v) is 3.93. The molecule has 2 aromatic heterocycles. The van der Waals surface area contributed by atoms with Gasteiger partial charge in [-0.25, -0.2) is 9.78 Å². The Labute approximate surface area is 79.0 Å². The van der Waals surface area contributed by atoms with Crippen molar-refractivity contribution in [1.29, 1.82) is 0 Å². The van der Waals surface area contributed by atoms with Crippen LogP contribution in [0.3, 0.4) is 0 Å². The number of nitrogens with zero attached hydrogens (tertiary/aromatic N) is 3. The van der Waals surface area contributed by atoms with Crippen LogP contribution in [0.25, 0.3) is 11.5 Å². The summed E-state index contributed by atoms with van der Waals surface area (Å²) in [5.74, 6) is 0.147. The van der Waals surface area contributed by atoms with E-state index in [0.717, 1.165) is 4.68 Å². The van der Waals surface area contributed by atoms with Crippen molar-refractivity contribution in [3.8, 4) is 11.5 Å². The Bertz CT molecular complexity index is 497. The van der Waals surface area contributed by atoms with Gasteiger partial charge in [-0.1, -0.05) is 0 Å². The maximum atomic E-state index is 11.0. The second kappa shape index (κ2) is 2.99. The van der Waals surface area contributed by atoms with Crippen molar-refractivity contribution in [1.82, 2.24) is 14.8 Å². The van der Waals surface area contributed by atoms with E-state index in [-0.39, 0.29) is 5.89 Å². The summed E-state index contributed by atoms with van der Waals surface area (Å²) in [5.41, 5.74) is 6.03. The Hall–Kier alpha value is -2.11. The molecule has 0 radical (unpaired) electrons. The minimum atomic E-state index is -0.503. The van der Waals surface area contributed by atoms with Gasteiger partial charge >= 0.3 is 5.76 Å². The first kappa shape index (κ1) is 8.49. The third kappa shape index (κ3) is 1.37. The van der Waals surface area contributed by atoms with Crippen molar-refractivity contribution in [3.05, 3.63) is 28.9 Å². The SMILES string of the molecule is Cn1nc(-c2ccc(N)nc2)oc1=O. The first-order chi connectivity index (χ1) is 6.66. The molecule has 0 aliphatic carbocycles. The van der Waals surface area contributed by atoms with Gasteiger partial charge < -0.3 is 10.2 Å². The van der Waals surface area contributed by atoms with Crippen LogP contribution in [0, 0.1) is 0 Å². The lowest BCUT2D eigenvalue weighted by molar-refractivity contribution is 0.505. The Morgan fingerprint density at radius 3 is 2.79 bits per heavy atom. The molecule has 2 rings (SSSR count). The van der Waals surface area contributed by atoms with Gasteiger partial charge in [0.2, 0.25) is 0 Å². The second-order valence-corrected chi connectivity index (χ2v) is 2.77. The van der Waals surface area contributed by atoms with Crippen LogP contribution in [0.4, 0.5) is 5.82 Å². The monoisotopic (exact) mass is 192 g/mol. The summed E-state index contributed by atoms with van der Waals surface area (Å²) < 4.78 is 5.97. The van der Waals surface area contributed by atoms with E-state index >= 15 is 0 Å². The number of rotatable bonds is 1. The van der Waals surface area contributed by atoms with Crippen LogP contribution in [-0.2, 0) is 7.05 Å². The van der Waals surface area contributed by atoms with Crippen LogP contribution in [0.5, 0.6) is 0 Å². The van der Waals surface area contributed by atoms with E-state index in [1.807, 2.05) is 0 Å². The summed E-state index contributed by atoms with van der Waals surface area (Å²) in [7, 11) is 1.51. The lowest BCUT2D eigenvalue weighted by Gasteiger charge is -1.93. The average Bonchev–Trinajstić information content (AvgIpc) is 2.48. The minimum absolute atomic E-state index is 0.241. The van der Waals surface area contributed by atoms with Crippen LogP contribution in [0.1, 0.15) is 0 Å². The van der Waals surface area contributed by atoms with Crippen molar-refractivity contribution in [3.63, 3.8) is 0 Å². The molecule has 0 unspecified atom stereocenters. The zero-order valence-electron chi connectivity index (χ0n) is 7.47. The molecule has 14 heavy (non-hydrogen) atoms. The molecular weight excluding hydrogens is 184 g/mol. The topological polar surface area (TPSA) is 86.9 Å². The van der Waals surface area contributed by atoms with E-state index in [1.165, 1.54) is 13.2 Å². The number of hydrogen-bond donors (Lipinski definition) is 1. The fraction of sp³-hybridized carbons (Fsp3) is 0.125. The molecule has 0 aromatic carbocycles. The molecule has 6 heteroatoms. The quantitative estimate of drug-likeness (QED) is 0.688. The highest BCUT2D eigenvalue weighted by atomic mass is 16.4. The fourth-order valence-electron chi connectivity index (χ4n) is 0.995. The van der Waals surface area contributed by atoms with E-state index in [1.54, 1.807) is 12.1 Å². The first-order valence-electron chi connectivity index (χ1n) is 3.93. The van der Waals surface area contributed by atoms with Crippen LogP contribution >= 0.6 is 0 Å². The smallest absolute Gasteiger partial charge is 0.388 e. The third-order valence-electron chi connectivity index (χ3n) is 1.72. The highest BCUT2D eigenvalue weighted by molar-refractivity contribution is 5.52. The van der Waals surface area contributed by atoms with Gasteiger partial charge in [0.05, 0.1) is 5.56 Å². The average molecular weight is 192 g/mol. The highest BCUT2D eigenvalue weighted by Gasteiger charge is 2.07. The zero-order valence-corrected chi connectivity index (χ0v) is 7.47. The lowest BCUT2D eigenvalue weighted by atomic mass is 10.3. The van der Waals surface area contributed by atoms with E-state index < -0.39 is 5.76 Å². The number of anilines is 1. The lowest BCUT2D eigenvalue weighted by Crippen LogP contribution is -2.09. The largest absolute Gasteiger partial charge is 0.437 e. The molecule has 0 saturated carbocycles. The summed E-state index contributed by atoms with van der Waals surface area (Å²) in [6.45, 7) is 0. The van der Waals surface area contributed by atoms with E-state index in [0.29, 0.717) is 11.4 Å². The Morgan fingerprint density at radius 1 is 1.50 bits per heavy atom. The number of pyridine rings is 1. The summed E-state index contributed by atoms with van der Waals surface area (Å²) in [4.78, 5) is 14.8. The van der Waals surface area contributed by atoms with Gasteiger partial charge in [-0.05, 0) is 12.1 Å². The molecule has 0 bridgehead atoms. The predicted octanol–water partition coefficient (Wildman–Crippen LogP) is 0.0175. The zero-order chi connectivity index (χ0) is 10.1. The molecular formula is C8H8N4O2. The molecule has 0 fully saturated rings. The molecule has 0 amide bonds. The molecule has 0 spiro atoms. The van der Waals surface area contributed by atoms with Crippen molar-refractivity contribution in [2.75, 3.05) is 5.73 Å². The Balaban J connectivity index is 2.49. The maximum Gasteiger partial charge on any atom is 0.437 e. The van der Waals surface area contributed by atoms with Crippen molar-refractivity contribution in [2.24, 2.45) is 7.05 Å². The van der Waals surface area contributed by atoms with Gasteiger partial charge in [0.25, 0.3) is 5.89 Å². The van der Waals surface area contributed by atoms with Crippen LogP contribution in [-0.4, -0.2) is 14.8 Å². The molecule has 0 atom stereocenters. The number of nitrogens with two attached hydrogens (primary N) is 1. The van der Waals surface area contributed by atoms with E-state index in [2.05, 4.69) is 10.1 Å². The highest BCUT2D eigenvalue weighted by Crippen LogP contribution is 2.14. The molecule has 0 aliphatic heterocycles. The standard InChI is InChI=1S/C8H8N4O2/c1-12-8(13)14-7(11-12)5-2-3-6(9)10-4-5/h2-4H,1H3,(H2,9,10). The van der Waals surface area contributed by atoms with Crippen molar-refractivity contribution in [2.45, 2.75) is 0 Å².